The number of fused-ring (bicyclic) bond motifs is 1. The molecule has 1 atom stereocenters. The van der Waals surface area contributed by atoms with Crippen molar-refractivity contribution < 1.29 is 19.1 Å². The molecule has 0 unspecified atom stereocenters. The molecule has 6 heteroatoms. The van der Waals surface area contributed by atoms with Gasteiger partial charge in [-0.15, -0.1) is 0 Å². The van der Waals surface area contributed by atoms with Crippen molar-refractivity contribution in [1.82, 2.24) is 0 Å². The van der Waals surface area contributed by atoms with Crippen molar-refractivity contribution in [2.75, 3.05) is 23.8 Å². The van der Waals surface area contributed by atoms with E-state index in [0.29, 0.717) is 35.9 Å². The minimum Gasteiger partial charge on any atom is -0.493 e. The highest BCUT2D eigenvalue weighted by molar-refractivity contribution is 6.08. The Hall–Kier alpha value is -3.38. The Morgan fingerprint density at radius 3 is 2.30 bits per heavy atom. The Bertz CT molecular complexity index is 1060. The molecule has 0 bridgehead atoms. The van der Waals surface area contributed by atoms with Gasteiger partial charge >= 0.3 is 0 Å². The third kappa shape index (κ3) is 4.44. The molecule has 1 heterocycles. The maximum Gasteiger partial charge on any atom is 0.259 e. The van der Waals surface area contributed by atoms with Gasteiger partial charge in [-0.2, -0.15) is 0 Å². The van der Waals surface area contributed by atoms with Crippen LogP contribution in [0, 0.1) is 0 Å². The first-order valence-corrected chi connectivity index (χ1v) is 10.1. The third-order valence-corrected chi connectivity index (χ3v) is 5.02. The van der Waals surface area contributed by atoms with Gasteiger partial charge in [-0.1, -0.05) is 24.3 Å². The van der Waals surface area contributed by atoms with Gasteiger partial charge in [-0.3, -0.25) is 9.59 Å². The Morgan fingerprint density at radius 2 is 1.67 bits per heavy atom. The summed E-state index contributed by atoms with van der Waals surface area (Å²) in [6.07, 6.45) is 1.27. The average molecular weight is 404 g/mol. The summed E-state index contributed by atoms with van der Waals surface area (Å²) in [6.45, 7) is 2.99. The molecular weight excluding hydrogens is 380 g/mol. The SMILES string of the molecule is CCOc1cc2ccccc2cc1C(=O)Nc1ccc(NC(=O)[C@@H]2CCCO2)cc1. The molecule has 6 nitrogen and oxygen atoms in total. The fraction of sp³-hybridized carbons (Fsp3) is 0.250. The standard InChI is InChI=1S/C24H24N2O4/c1-2-29-22-15-17-7-4-3-6-16(17)14-20(22)23(27)25-18-9-11-19(12-10-18)26-24(28)21-8-5-13-30-21/h3-4,6-7,9-12,14-15,21H,2,5,8,13H2,1H3,(H,25,27)(H,26,28)/t21-/m0/s1. The molecule has 1 fully saturated rings. The van der Waals surface area contributed by atoms with E-state index in [1.165, 1.54) is 0 Å². The molecule has 2 N–H and O–H groups in total. The Balaban J connectivity index is 1.48. The number of benzene rings is 3. The molecule has 0 spiro atoms. The highest BCUT2D eigenvalue weighted by atomic mass is 16.5. The molecule has 154 valence electrons. The summed E-state index contributed by atoms with van der Waals surface area (Å²) in [7, 11) is 0. The monoisotopic (exact) mass is 404 g/mol. The lowest BCUT2D eigenvalue weighted by Gasteiger charge is -2.13. The van der Waals surface area contributed by atoms with Crippen LogP contribution < -0.4 is 15.4 Å². The van der Waals surface area contributed by atoms with Crippen molar-refractivity contribution in [2.24, 2.45) is 0 Å². The van der Waals surface area contributed by atoms with E-state index in [9.17, 15) is 9.59 Å². The highest BCUT2D eigenvalue weighted by Crippen LogP contribution is 2.27. The molecule has 1 aliphatic heterocycles. The smallest absolute Gasteiger partial charge is 0.259 e. The fourth-order valence-electron chi connectivity index (χ4n) is 3.51. The first kappa shape index (κ1) is 19.9. The maximum atomic E-state index is 12.9. The quantitative estimate of drug-likeness (QED) is 0.629. The number of ether oxygens (including phenoxy) is 2. The third-order valence-electron chi connectivity index (χ3n) is 5.02. The van der Waals surface area contributed by atoms with Crippen molar-refractivity contribution in [2.45, 2.75) is 25.9 Å². The molecule has 1 saturated heterocycles. The number of amides is 2. The molecule has 30 heavy (non-hydrogen) atoms. The maximum absolute atomic E-state index is 12.9. The summed E-state index contributed by atoms with van der Waals surface area (Å²) in [4.78, 5) is 25.1. The summed E-state index contributed by atoms with van der Waals surface area (Å²) in [5.41, 5.74) is 1.77. The van der Waals surface area contributed by atoms with Crippen molar-refractivity contribution in [3.8, 4) is 5.75 Å². The molecule has 2 amide bonds. The van der Waals surface area contributed by atoms with E-state index in [1.807, 2.05) is 43.3 Å². The van der Waals surface area contributed by atoms with Gasteiger partial charge < -0.3 is 20.1 Å². The topological polar surface area (TPSA) is 76.7 Å². The van der Waals surface area contributed by atoms with Gasteiger partial charge in [-0.25, -0.2) is 0 Å². The number of hydrogen-bond acceptors (Lipinski definition) is 4. The minimum absolute atomic E-state index is 0.137. The van der Waals surface area contributed by atoms with E-state index in [-0.39, 0.29) is 17.9 Å². The van der Waals surface area contributed by atoms with Crippen LogP contribution in [0.2, 0.25) is 0 Å². The van der Waals surface area contributed by atoms with Crippen molar-refractivity contribution in [1.29, 1.82) is 0 Å². The van der Waals surface area contributed by atoms with E-state index in [0.717, 1.165) is 23.6 Å². The number of rotatable bonds is 6. The van der Waals surface area contributed by atoms with E-state index in [2.05, 4.69) is 10.6 Å². The van der Waals surface area contributed by atoms with Crippen molar-refractivity contribution in [3.05, 3.63) is 66.2 Å². The number of carbonyl (C=O) groups excluding carboxylic acids is 2. The van der Waals surface area contributed by atoms with Gasteiger partial charge in [0, 0.05) is 18.0 Å². The van der Waals surface area contributed by atoms with Gasteiger partial charge in [0.2, 0.25) is 0 Å². The Labute approximate surface area is 175 Å². The Kier molecular flexibility index (Phi) is 5.95. The number of nitrogens with one attached hydrogen (secondary N) is 2. The van der Waals surface area contributed by atoms with Crippen LogP contribution in [0.25, 0.3) is 10.8 Å². The second-order valence-corrected chi connectivity index (χ2v) is 7.15. The molecule has 0 saturated carbocycles. The summed E-state index contributed by atoms with van der Waals surface area (Å²) >= 11 is 0. The minimum atomic E-state index is -0.380. The lowest BCUT2D eigenvalue weighted by atomic mass is 10.1. The van der Waals surface area contributed by atoms with Crippen LogP contribution in [0.1, 0.15) is 30.1 Å². The molecule has 3 aromatic rings. The summed E-state index contributed by atoms with van der Waals surface area (Å²) in [5.74, 6) is 0.163. The summed E-state index contributed by atoms with van der Waals surface area (Å²) in [6, 6.07) is 18.6. The molecular formula is C24H24N2O4. The zero-order chi connectivity index (χ0) is 20.9. The van der Waals surface area contributed by atoms with Crippen LogP contribution >= 0.6 is 0 Å². The number of carbonyl (C=O) groups is 2. The zero-order valence-electron chi connectivity index (χ0n) is 16.8. The van der Waals surface area contributed by atoms with E-state index in [1.54, 1.807) is 24.3 Å². The average Bonchev–Trinajstić information content (AvgIpc) is 3.30. The largest absolute Gasteiger partial charge is 0.493 e. The summed E-state index contributed by atoms with van der Waals surface area (Å²) < 4.78 is 11.1. The number of anilines is 2. The Morgan fingerprint density at radius 1 is 1.00 bits per heavy atom. The van der Waals surface area contributed by atoms with Crippen molar-refractivity contribution in [3.63, 3.8) is 0 Å². The lowest BCUT2D eigenvalue weighted by molar-refractivity contribution is -0.124. The van der Waals surface area contributed by atoms with Crippen LogP contribution in [0.5, 0.6) is 5.75 Å². The van der Waals surface area contributed by atoms with Crippen LogP contribution in [-0.4, -0.2) is 31.1 Å². The highest BCUT2D eigenvalue weighted by Gasteiger charge is 2.23. The van der Waals surface area contributed by atoms with Crippen LogP contribution in [0.3, 0.4) is 0 Å². The first-order valence-electron chi connectivity index (χ1n) is 10.1. The normalized spacial score (nSPS) is 15.7. The van der Waals surface area contributed by atoms with E-state index in [4.69, 9.17) is 9.47 Å². The van der Waals surface area contributed by atoms with E-state index >= 15 is 0 Å². The second kappa shape index (κ2) is 8.97. The first-order chi connectivity index (χ1) is 14.6. The van der Waals surface area contributed by atoms with Gasteiger partial charge in [0.25, 0.3) is 11.8 Å². The molecule has 4 rings (SSSR count). The summed E-state index contributed by atoms with van der Waals surface area (Å²) in [5, 5.41) is 7.73. The van der Waals surface area contributed by atoms with Crippen molar-refractivity contribution >= 4 is 34.0 Å². The molecule has 0 aliphatic carbocycles. The van der Waals surface area contributed by atoms with Gasteiger partial charge in [0.05, 0.1) is 12.2 Å². The van der Waals surface area contributed by atoms with Crippen LogP contribution in [0.4, 0.5) is 11.4 Å². The predicted octanol–water partition coefficient (Wildman–Crippen LogP) is 4.61. The van der Waals surface area contributed by atoms with Crippen LogP contribution in [0.15, 0.2) is 60.7 Å². The molecule has 1 aliphatic rings. The molecule has 0 aromatic heterocycles. The van der Waals surface area contributed by atoms with Gasteiger partial charge in [0.15, 0.2) is 0 Å². The molecule has 0 radical (unpaired) electrons. The zero-order valence-corrected chi connectivity index (χ0v) is 16.8. The lowest BCUT2D eigenvalue weighted by Crippen LogP contribution is -2.26. The van der Waals surface area contributed by atoms with Gasteiger partial charge in [-0.05, 0) is 66.9 Å². The number of hydrogen-bond donors (Lipinski definition) is 2. The fourth-order valence-corrected chi connectivity index (χ4v) is 3.51. The van der Waals surface area contributed by atoms with Crippen LogP contribution in [-0.2, 0) is 9.53 Å². The second-order valence-electron chi connectivity index (χ2n) is 7.15. The van der Waals surface area contributed by atoms with E-state index < -0.39 is 0 Å². The molecule has 3 aromatic carbocycles. The predicted molar refractivity (Wildman–Crippen MR) is 117 cm³/mol. The van der Waals surface area contributed by atoms with Gasteiger partial charge in [0.1, 0.15) is 11.9 Å².